The molecule has 17 heavy (non-hydrogen) atoms. The van der Waals surface area contributed by atoms with Gasteiger partial charge in [0.2, 0.25) is 0 Å². The predicted molar refractivity (Wildman–Crippen MR) is 66.7 cm³/mol. The smallest absolute Gasteiger partial charge is 0.128 e. The number of pyridine rings is 1. The zero-order valence-corrected chi connectivity index (χ0v) is 9.57. The molecule has 1 heterocycles. The molecule has 3 nitrogen and oxygen atoms in total. The number of hydrogen-bond acceptors (Lipinski definition) is 3. The first-order valence-corrected chi connectivity index (χ1v) is 5.34. The minimum atomic E-state index is -0.267. The quantitative estimate of drug-likeness (QED) is 0.833. The van der Waals surface area contributed by atoms with Crippen LogP contribution in [0.4, 0.5) is 10.2 Å². The van der Waals surface area contributed by atoms with Crippen molar-refractivity contribution in [3.63, 3.8) is 0 Å². The second kappa shape index (κ2) is 4.51. The van der Waals surface area contributed by atoms with Gasteiger partial charge in [-0.15, -0.1) is 0 Å². The van der Waals surface area contributed by atoms with E-state index in [1.165, 1.54) is 12.1 Å². The highest BCUT2D eigenvalue weighted by Gasteiger charge is 2.07. The number of nitrogens with two attached hydrogens (primary N) is 2. The van der Waals surface area contributed by atoms with Crippen molar-refractivity contribution < 1.29 is 4.39 Å². The van der Waals surface area contributed by atoms with Crippen molar-refractivity contribution in [2.24, 2.45) is 5.73 Å². The first kappa shape index (κ1) is 11.5. The predicted octanol–water partition coefficient (Wildman–Crippen LogP) is 2.24. The van der Waals surface area contributed by atoms with Gasteiger partial charge in [-0.3, -0.25) is 0 Å². The number of aromatic nitrogens is 1. The van der Waals surface area contributed by atoms with Crippen LogP contribution in [0.5, 0.6) is 0 Å². The number of anilines is 1. The van der Waals surface area contributed by atoms with Crippen LogP contribution in [0.1, 0.15) is 11.1 Å². The molecule has 0 atom stereocenters. The summed E-state index contributed by atoms with van der Waals surface area (Å²) in [5, 5.41) is 0. The van der Waals surface area contributed by atoms with E-state index in [1.807, 2.05) is 13.0 Å². The number of rotatable bonds is 2. The van der Waals surface area contributed by atoms with Gasteiger partial charge < -0.3 is 11.5 Å². The van der Waals surface area contributed by atoms with E-state index in [4.69, 9.17) is 11.5 Å². The standard InChI is InChI=1S/C13H14FN3/c1-8-6-12(17-13(16)11(8)7-15)9-2-4-10(14)5-3-9/h2-6H,7,15H2,1H3,(H2,16,17). The number of nitrogen functional groups attached to an aromatic ring is 1. The molecule has 2 rings (SSSR count). The third-order valence-electron chi connectivity index (χ3n) is 2.72. The van der Waals surface area contributed by atoms with E-state index in [-0.39, 0.29) is 5.82 Å². The summed E-state index contributed by atoms with van der Waals surface area (Å²) in [6, 6.07) is 8.07. The van der Waals surface area contributed by atoms with Gasteiger partial charge in [-0.2, -0.15) is 0 Å². The van der Waals surface area contributed by atoms with Gasteiger partial charge in [-0.25, -0.2) is 9.37 Å². The molecule has 1 aromatic carbocycles. The van der Waals surface area contributed by atoms with Gasteiger partial charge >= 0.3 is 0 Å². The van der Waals surface area contributed by atoms with Gasteiger partial charge in [0.25, 0.3) is 0 Å². The van der Waals surface area contributed by atoms with E-state index in [9.17, 15) is 4.39 Å². The average Bonchev–Trinajstić information content (AvgIpc) is 2.29. The fourth-order valence-electron chi connectivity index (χ4n) is 1.76. The Balaban J connectivity index is 2.50. The Morgan fingerprint density at radius 3 is 2.41 bits per heavy atom. The van der Waals surface area contributed by atoms with Gasteiger partial charge in [0.15, 0.2) is 0 Å². The Kier molecular flexibility index (Phi) is 3.06. The Bertz CT molecular complexity index is 512. The minimum Gasteiger partial charge on any atom is -0.383 e. The zero-order chi connectivity index (χ0) is 12.4. The van der Waals surface area contributed by atoms with E-state index in [0.717, 1.165) is 22.4 Å². The van der Waals surface area contributed by atoms with Crippen molar-refractivity contribution in [1.82, 2.24) is 4.98 Å². The van der Waals surface area contributed by atoms with Crippen LogP contribution in [0.2, 0.25) is 0 Å². The van der Waals surface area contributed by atoms with Crippen LogP contribution in [0.3, 0.4) is 0 Å². The molecule has 0 unspecified atom stereocenters. The first-order valence-electron chi connectivity index (χ1n) is 5.34. The number of nitrogens with zero attached hydrogens (tertiary/aromatic N) is 1. The molecular formula is C13H14FN3. The average molecular weight is 231 g/mol. The van der Waals surface area contributed by atoms with Crippen LogP contribution < -0.4 is 11.5 Å². The number of halogens is 1. The molecule has 0 amide bonds. The van der Waals surface area contributed by atoms with E-state index >= 15 is 0 Å². The monoisotopic (exact) mass is 231 g/mol. The minimum absolute atomic E-state index is 0.267. The number of aryl methyl sites for hydroxylation is 1. The molecule has 0 aliphatic heterocycles. The van der Waals surface area contributed by atoms with Crippen molar-refractivity contribution in [1.29, 1.82) is 0 Å². The van der Waals surface area contributed by atoms with Crippen molar-refractivity contribution in [2.45, 2.75) is 13.5 Å². The van der Waals surface area contributed by atoms with Gasteiger partial charge in [-0.1, -0.05) is 0 Å². The molecule has 0 spiro atoms. The summed E-state index contributed by atoms with van der Waals surface area (Å²) >= 11 is 0. The lowest BCUT2D eigenvalue weighted by Crippen LogP contribution is -2.06. The summed E-state index contributed by atoms with van der Waals surface area (Å²) in [6.07, 6.45) is 0. The Morgan fingerprint density at radius 2 is 1.88 bits per heavy atom. The highest BCUT2D eigenvalue weighted by molar-refractivity contribution is 5.63. The Labute approximate surface area is 99.3 Å². The molecule has 2 aromatic rings. The van der Waals surface area contributed by atoms with Crippen LogP contribution in [0, 0.1) is 12.7 Å². The topological polar surface area (TPSA) is 64.9 Å². The van der Waals surface area contributed by atoms with Crippen LogP contribution in [-0.2, 0) is 6.54 Å². The zero-order valence-electron chi connectivity index (χ0n) is 9.57. The van der Waals surface area contributed by atoms with Gasteiger partial charge in [-0.05, 0) is 42.8 Å². The lowest BCUT2D eigenvalue weighted by molar-refractivity contribution is 0.628. The van der Waals surface area contributed by atoms with Crippen LogP contribution in [0.15, 0.2) is 30.3 Å². The molecule has 0 fully saturated rings. The van der Waals surface area contributed by atoms with Crippen LogP contribution in [0.25, 0.3) is 11.3 Å². The molecule has 0 aliphatic rings. The molecule has 4 heteroatoms. The molecule has 0 aliphatic carbocycles. The third kappa shape index (κ3) is 2.26. The van der Waals surface area contributed by atoms with Crippen LogP contribution >= 0.6 is 0 Å². The SMILES string of the molecule is Cc1cc(-c2ccc(F)cc2)nc(N)c1CN. The first-order chi connectivity index (χ1) is 8.11. The van der Waals surface area contributed by atoms with E-state index in [1.54, 1.807) is 12.1 Å². The Hall–Kier alpha value is -1.94. The summed E-state index contributed by atoms with van der Waals surface area (Å²) < 4.78 is 12.8. The maximum atomic E-state index is 12.8. The molecule has 1 aromatic heterocycles. The normalized spacial score (nSPS) is 10.5. The Morgan fingerprint density at radius 1 is 1.24 bits per heavy atom. The molecule has 0 saturated heterocycles. The number of hydrogen-bond donors (Lipinski definition) is 2. The molecular weight excluding hydrogens is 217 g/mol. The molecule has 0 radical (unpaired) electrons. The molecule has 0 saturated carbocycles. The summed E-state index contributed by atoms with van der Waals surface area (Å²) in [4.78, 5) is 4.28. The van der Waals surface area contributed by atoms with Gasteiger partial charge in [0, 0.05) is 17.7 Å². The van der Waals surface area contributed by atoms with Crippen molar-refractivity contribution >= 4 is 5.82 Å². The van der Waals surface area contributed by atoms with E-state index in [2.05, 4.69) is 4.98 Å². The highest BCUT2D eigenvalue weighted by Crippen LogP contribution is 2.23. The third-order valence-corrected chi connectivity index (χ3v) is 2.72. The maximum absolute atomic E-state index is 12.8. The number of benzene rings is 1. The largest absolute Gasteiger partial charge is 0.383 e. The summed E-state index contributed by atoms with van der Waals surface area (Å²) in [5.74, 6) is 0.170. The summed E-state index contributed by atoms with van der Waals surface area (Å²) in [7, 11) is 0. The summed E-state index contributed by atoms with van der Waals surface area (Å²) in [5.41, 5.74) is 14.9. The van der Waals surface area contributed by atoms with E-state index < -0.39 is 0 Å². The van der Waals surface area contributed by atoms with Gasteiger partial charge in [0.05, 0.1) is 5.69 Å². The summed E-state index contributed by atoms with van der Waals surface area (Å²) in [6.45, 7) is 2.31. The lowest BCUT2D eigenvalue weighted by atomic mass is 10.1. The second-order valence-electron chi connectivity index (χ2n) is 3.90. The van der Waals surface area contributed by atoms with Crippen molar-refractivity contribution in [3.05, 3.63) is 47.3 Å². The lowest BCUT2D eigenvalue weighted by Gasteiger charge is -2.09. The second-order valence-corrected chi connectivity index (χ2v) is 3.90. The fraction of sp³-hybridized carbons (Fsp3) is 0.154. The van der Waals surface area contributed by atoms with Crippen molar-refractivity contribution in [3.8, 4) is 11.3 Å². The highest BCUT2D eigenvalue weighted by atomic mass is 19.1. The molecule has 0 bridgehead atoms. The molecule has 88 valence electrons. The van der Waals surface area contributed by atoms with Gasteiger partial charge in [0.1, 0.15) is 11.6 Å². The fourth-order valence-corrected chi connectivity index (χ4v) is 1.76. The maximum Gasteiger partial charge on any atom is 0.128 e. The van der Waals surface area contributed by atoms with Crippen molar-refractivity contribution in [2.75, 3.05) is 5.73 Å². The van der Waals surface area contributed by atoms with E-state index in [0.29, 0.717) is 12.4 Å². The van der Waals surface area contributed by atoms with Crippen LogP contribution in [-0.4, -0.2) is 4.98 Å². The molecule has 4 N–H and O–H groups in total.